The lowest BCUT2D eigenvalue weighted by atomic mass is 10.1. The predicted molar refractivity (Wildman–Crippen MR) is 109 cm³/mol. The Bertz CT molecular complexity index is 984. The van der Waals surface area contributed by atoms with Crippen LogP contribution in [0.15, 0.2) is 24.5 Å². The molecule has 4 heterocycles. The van der Waals surface area contributed by atoms with Gasteiger partial charge in [0.1, 0.15) is 12.2 Å². The van der Waals surface area contributed by atoms with Gasteiger partial charge in [-0.15, -0.1) is 0 Å². The van der Waals surface area contributed by atoms with Gasteiger partial charge in [-0.1, -0.05) is 12.1 Å². The van der Waals surface area contributed by atoms with E-state index in [0.29, 0.717) is 0 Å². The minimum Gasteiger partial charge on any atom is -0.368 e. The number of imidazole rings is 1. The molecule has 0 amide bonds. The molecule has 140 valence electrons. The van der Waals surface area contributed by atoms with E-state index < -0.39 is 0 Å². The Balaban J connectivity index is 1.41. The molecule has 2 aliphatic rings. The van der Waals surface area contributed by atoms with Crippen LogP contribution in [0.4, 0.5) is 11.5 Å². The smallest absolute Gasteiger partial charge is 0.165 e. The SMILES string of the molecule is Cc1ccc(C)c(N2CCN(c3ncnc4c3nc3n4CCCC3)CC2)c1. The van der Waals surface area contributed by atoms with Crippen LogP contribution in [-0.2, 0) is 13.0 Å². The fourth-order valence-electron chi connectivity index (χ4n) is 4.40. The predicted octanol–water partition coefficient (Wildman–Crippen LogP) is 3.11. The molecule has 0 aliphatic carbocycles. The number of aromatic nitrogens is 4. The zero-order valence-corrected chi connectivity index (χ0v) is 16.1. The molecule has 27 heavy (non-hydrogen) atoms. The lowest BCUT2D eigenvalue weighted by Crippen LogP contribution is -2.47. The first-order valence-corrected chi connectivity index (χ1v) is 9.98. The normalized spacial score (nSPS) is 17.4. The second-order valence-electron chi connectivity index (χ2n) is 7.77. The van der Waals surface area contributed by atoms with Gasteiger partial charge in [-0.25, -0.2) is 15.0 Å². The molecule has 0 spiro atoms. The number of fused-ring (bicyclic) bond motifs is 3. The summed E-state index contributed by atoms with van der Waals surface area (Å²) >= 11 is 0. The van der Waals surface area contributed by atoms with Crippen molar-refractivity contribution >= 4 is 22.7 Å². The summed E-state index contributed by atoms with van der Waals surface area (Å²) in [6, 6.07) is 6.71. The summed E-state index contributed by atoms with van der Waals surface area (Å²) in [5.41, 5.74) is 6.01. The van der Waals surface area contributed by atoms with Gasteiger partial charge in [0.25, 0.3) is 0 Å². The summed E-state index contributed by atoms with van der Waals surface area (Å²) in [6.45, 7) is 9.32. The summed E-state index contributed by atoms with van der Waals surface area (Å²) in [6.07, 6.45) is 5.20. The molecule has 0 radical (unpaired) electrons. The molecule has 1 aromatic carbocycles. The van der Waals surface area contributed by atoms with Crippen molar-refractivity contribution in [2.75, 3.05) is 36.0 Å². The van der Waals surface area contributed by atoms with Crippen LogP contribution in [0.5, 0.6) is 0 Å². The third-order valence-corrected chi connectivity index (χ3v) is 5.91. The third kappa shape index (κ3) is 2.83. The van der Waals surface area contributed by atoms with Gasteiger partial charge < -0.3 is 14.4 Å². The van der Waals surface area contributed by atoms with Crippen LogP contribution >= 0.6 is 0 Å². The van der Waals surface area contributed by atoms with Crippen molar-refractivity contribution in [2.45, 2.75) is 39.7 Å². The number of rotatable bonds is 2. The Morgan fingerprint density at radius 1 is 0.889 bits per heavy atom. The zero-order valence-electron chi connectivity index (χ0n) is 16.1. The average molecular weight is 362 g/mol. The first kappa shape index (κ1) is 16.5. The Morgan fingerprint density at radius 2 is 1.70 bits per heavy atom. The molecule has 2 aliphatic heterocycles. The largest absolute Gasteiger partial charge is 0.368 e. The van der Waals surface area contributed by atoms with E-state index in [4.69, 9.17) is 4.98 Å². The van der Waals surface area contributed by atoms with Crippen LogP contribution in [0.1, 0.15) is 29.8 Å². The highest BCUT2D eigenvalue weighted by Gasteiger charge is 2.24. The summed E-state index contributed by atoms with van der Waals surface area (Å²) in [5.74, 6) is 2.18. The highest BCUT2D eigenvalue weighted by molar-refractivity contribution is 5.84. The summed E-state index contributed by atoms with van der Waals surface area (Å²) in [5, 5.41) is 0. The second kappa shape index (κ2) is 6.51. The van der Waals surface area contributed by atoms with Crippen LogP contribution in [0.25, 0.3) is 11.2 Å². The van der Waals surface area contributed by atoms with E-state index >= 15 is 0 Å². The molecule has 2 aromatic heterocycles. The molecule has 0 bridgehead atoms. The quantitative estimate of drug-likeness (QED) is 0.701. The molecular weight excluding hydrogens is 336 g/mol. The van der Waals surface area contributed by atoms with Crippen molar-refractivity contribution in [2.24, 2.45) is 0 Å². The Labute approximate surface area is 159 Å². The first-order valence-electron chi connectivity index (χ1n) is 9.98. The fourth-order valence-corrected chi connectivity index (χ4v) is 4.40. The van der Waals surface area contributed by atoms with Crippen LogP contribution in [-0.4, -0.2) is 45.7 Å². The number of piperazine rings is 1. The number of benzene rings is 1. The van der Waals surface area contributed by atoms with Crippen molar-refractivity contribution in [1.82, 2.24) is 19.5 Å². The lowest BCUT2D eigenvalue weighted by Gasteiger charge is -2.37. The van der Waals surface area contributed by atoms with Gasteiger partial charge in [0, 0.05) is 44.8 Å². The van der Waals surface area contributed by atoms with Gasteiger partial charge in [0.2, 0.25) is 0 Å². The van der Waals surface area contributed by atoms with Crippen molar-refractivity contribution in [3.05, 3.63) is 41.5 Å². The minimum absolute atomic E-state index is 0.960. The molecule has 6 heteroatoms. The maximum Gasteiger partial charge on any atom is 0.165 e. The molecule has 5 rings (SSSR count). The molecule has 0 N–H and O–H groups in total. The summed E-state index contributed by atoms with van der Waals surface area (Å²) < 4.78 is 2.29. The molecule has 1 saturated heterocycles. The van der Waals surface area contributed by atoms with E-state index in [1.54, 1.807) is 6.33 Å². The monoisotopic (exact) mass is 362 g/mol. The zero-order chi connectivity index (χ0) is 18.4. The van der Waals surface area contributed by atoms with Crippen LogP contribution < -0.4 is 9.80 Å². The van der Waals surface area contributed by atoms with E-state index in [1.807, 2.05) is 0 Å². The topological polar surface area (TPSA) is 50.1 Å². The van der Waals surface area contributed by atoms with Gasteiger partial charge in [0.15, 0.2) is 17.0 Å². The molecular formula is C21H26N6. The molecule has 3 aromatic rings. The molecule has 0 saturated carbocycles. The highest BCUT2D eigenvalue weighted by atomic mass is 15.3. The van der Waals surface area contributed by atoms with E-state index in [9.17, 15) is 0 Å². The molecule has 1 fully saturated rings. The summed E-state index contributed by atoms with van der Waals surface area (Å²) in [7, 11) is 0. The number of anilines is 2. The Kier molecular flexibility index (Phi) is 3.99. The van der Waals surface area contributed by atoms with Crippen molar-refractivity contribution in [3.8, 4) is 0 Å². The minimum atomic E-state index is 0.960. The molecule has 0 atom stereocenters. The first-order chi connectivity index (χ1) is 13.2. The number of hydrogen-bond donors (Lipinski definition) is 0. The van der Waals surface area contributed by atoms with E-state index in [1.165, 1.54) is 35.5 Å². The van der Waals surface area contributed by atoms with Crippen LogP contribution in [0.2, 0.25) is 0 Å². The highest BCUT2D eigenvalue weighted by Crippen LogP contribution is 2.29. The summed E-state index contributed by atoms with van der Waals surface area (Å²) in [4.78, 5) is 19.0. The second-order valence-corrected chi connectivity index (χ2v) is 7.77. The van der Waals surface area contributed by atoms with E-state index in [2.05, 4.69) is 56.4 Å². The number of nitrogens with zero attached hydrogens (tertiary/aromatic N) is 6. The standard InChI is InChI=1S/C21H26N6/c1-15-6-7-16(2)17(13-15)25-9-11-26(12-10-25)20-19-21(23-14-22-20)27-8-4-3-5-18(27)24-19/h6-7,13-14H,3-5,8-12H2,1-2H3. The van der Waals surface area contributed by atoms with Gasteiger partial charge >= 0.3 is 0 Å². The number of aryl methyl sites for hydroxylation is 4. The van der Waals surface area contributed by atoms with Crippen LogP contribution in [0.3, 0.4) is 0 Å². The Hall–Kier alpha value is -2.63. The van der Waals surface area contributed by atoms with E-state index in [-0.39, 0.29) is 0 Å². The fraction of sp³-hybridized carbons (Fsp3) is 0.476. The van der Waals surface area contributed by atoms with Gasteiger partial charge in [-0.05, 0) is 43.9 Å². The Morgan fingerprint density at radius 3 is 2.56 bits per heavy atom. The van der Waals surface area contributed by atoms with Crippen LogP contribution in [0, 0.1) is 13.8 Å². The lowest BCUT2D eigenvalue weighted by molar-refractivity contribution is 0.530. The van der Waals surface area contributed by atoms with Gasteiger partial charge in [-0.3, -0.25) is 0 Å². The average Bonchev–Trinajstić information content (AvgIpc) is 3.09. The maximum absolute atomic E-state index is 4.91. The van der Waals surface area contributed by atoms with Gasteiger partial charge in [-0.2, -0.15) is 0 Å². The van der Waals surface area contributed by atoms with Crippen molar-refractivity contribution < 1.29 is 0 Å². The van der Waals surface area contributed by atoms with Gasteiger partial charge in [0.05, 0.1) is 0 Å². The van der Waals surface area contributed by atoms with Crippen molar-refractivity contribution in [1.29, 1.82) is 0 Å². The van der Waals surface area contributed by atoms with Crippen molar-refractivity contribution in [3.63, 3.8) is 0 Å². The maximum atomic E-state index is 4.91. The number of hydrogen-bond acceptors (Lipinski definition) is 5. The third-order valence-electron chi connectivity index (χ3n) is 5.91. The molecule has 0 unspecified atom stereocenters. The van der Waals surface area contributed by atoms with E-state index in [0.717, 1.165) is 56.1 Å². The molecule has 6 nitrogen and oxygen atoms in total.